The van der Waals surface area contributed by atoms with Gasteiger partial charge in [0.15, 0.2) is 5.58 Å². The molecule has 8 heteroatoms. The number of rotatable bonds is 6. The molecular weight excluding hydrogens is 372 g/mol. The van der Waals surface area contributed by atoms with E-state index in [0.717, 1.165) is 0 Å². The maximum Gasteiger partial charge on any atom is 0.420 e. The monoisotopic (exact) mass is 392 g/mol. The Kier molecular flexibility index (Phi) is 4.99. The van der Waals surface area contributed by atoms with Gasteiger partial charge in [0.05, 0.1) is 22.7 Å². The number of aryl methyl sites for hydroxylation is 1. The molecule has 0 saturated carbocycles. The third kappa shape index (κ3) is 3.82. The van der Waals surface area contributed by atoms with E-state index >= 15 is 0 Å². The lowest BCUT2D eigenvalue weighted by molar-refractivity contribution is -0.122. The minimum absolute atomic E-state index is 0.130. The number of carbonyl (C=O) groups excluding carboxylic acids is 1. The second kappa shape index (κ2) is 7.75. The molecule has 4 rings (SSSR count). The molecule has 1 amide bonds. The Bertz CT molecular complexity index is 1300. The van der Waals surface area contributed by atoms with Crippen molar-refractivity contribution >= 4 is 27.9 Å². The molecule has 0 aliphatic carbocycles. The van der Waals surface area contributed by atoms with E-state index in [1.165, 1.54) is 15.5 Å². The molecule has 0 fully saturated rings. The van der Waals surface area contributed by atoms with Crippen molar-refractivity contribution in [3.05, 3.63) is 75.8 Å². The normalized spacial score (nSPS) is 12.3. The number of nitrogens with zero attached hydrogens (tertiary/aromatic N) is 3. The van der Waals surface area contributed by atoms with E-state index in [1.54, 1.807) is 36.4 Å². The van der Waals surface area contributed by atoms with Crippen LogP contribution in [0.25, 0.3) is 22.0 Å². The van der Waals surface area contributed by atoms with Crippen LogP contribution in [0.3, 0.4) is 0 Å². The Balaban J connectivity index is 1.40. The summed E-state index contributed by atoms with van der Waals surface area (Å²) in [6.45, 7) is 2.33. The summed E-state index contributed by atoms with van der Waals surface area (Å²) >= 11 is 0. The largest absolute Gasteiger partial charge is 0.420 e. The summed E-state index contributed by atoms with van der Waals surface area (Å²) in [6.07, 6.45) is 1.59. The van der Waals surface area contributed by atoms with Crippen LogP contribution in [-0.4, -0.2) is 26.1 Å². The van der Waals surface area contributed by atoms with Crippen LogP contribution in [0.1, 0.15) is 13.3 Å². The molecule has 148 valence electrons. The average molecular weight is 392 g/mol. The highest BCUT2D eigenvalue weighted by atomic mass is 16.4. The van der Waals surface area contributed by atoms with E-state index in [4.69, 9.17) is 4.42 Å². The number of para-hydroxylation sites is 3. The Morgan fingerprint density at radius 2 is 1.90 bits per heavy atom. The number of fused-ring (bicyclic) bond motifs is 2. The van der Waals surface area contributed by atoms with E-state index in [2.05, 4.69) is 10.3 Å². The maximum absolute atomic E-state index is 12.5. The maximum atomic E-state index is 12.5. The Morgan fingerprint density at radius 1 is 1.14 bits per heavy atom. The number of nitrogens with one attached hydrogen (secondary N) is 1. The van der Waals surface area contributed by atoms with Gasteiger partial charge in [0.25, 0.3) is 5.56 Å². The fraction of sp³-hybridized carbons (Fsp3) is 0.238. The molecule has 0 aliphatic heterocycles. The first kappa shape index (κ1) is 18.7. The van der Waals surface area contributed by atoms with Crippen molar-refractivity contribution in [2.75, 3.05) is 0 Å². The second-order valence-corrected chi connectivity index (χ2v) is 6.93. The van der Waals surface area contributed by atoms with Crippen molar-refractivity contribution in [3.63, 3.8) is 0 Å². The molecule has 0 radical (unpaired) electrons. The minimum Gasteiger partial charge on any atom is -0.408 e. The van der Waals surface area contributed by atoms with Crippen LogP contribution in [0, 0.1) is 0 Å². The lowest BCUT2D eigenvalue weighted by Gasteiger charge is -2.14. The van der Waals surface area contributed by atoms with E-state index in [1.807, 2.05) is 19.1 Å². The van der Waals surface area contributed by atoms with E-state index < -0.39 is 5.76 Å². The highest BCUT2D eigenvalue weighted by Crippen LogP contribution is 2.12. The summed E-state index contributed by atoms with van der Waals surface area (Å²) < 4.78 is 8.14. The zero-order valence-corrected chi connectivity index (χ0v) is 15.9. The van der Waals surface area contributed by atoms with Gasteiger partial charge in [0, 0.05) is 25.6 Å². The lowest BCUT2D eigenvalue weighted by Crippen LogP contribution is -2.38. The molecule has 29 heavy (non-hydrogen) atoms. The van der Waals surface area contributed by atoms with Crippen molar-refractivity contribution in [1.29, 1.82) is 0 Å². The standard InChI is InChI=1S/C21H20N4O4/c1-14(12-25-17-8-4-5-9-18(17)29-21(25)28)23-19(26)10-11-24-13-22-16-7-3-2-6-15(16)20(24)27/h2-9,13-14H,10-12H2,1H3,(H,23,26)/t14-/m0/s1. The highest BCUT2D eigenvalue weighted by Gasteiger charge is 2.14. The minimum atomic E-state index is -0.457. The Morgan fingerprint density at radius 3 is 2.76 bits per heavy atom. The van der Waals surface area contributed by atoms with E-state index in [-0.39, 0.29) is 30.5 Å². The van der Waals surface area contributed by atoms with Gasteiger partial charge in [0.1, 0.15) is 0 Å². The van der Waals surface area contributed by atoms with Crippen LogP contribution in [0.4, 0.5) is 0 Å². The first-order valence-electron chi connectivity index (χ1n) is 9.35. The van der Waals surface area contributed by atoms with Crippen LogP contribution < -0.4 is 16.6 Å². The summed E-state index contributed by atoms with van der Waals surface area (Å²) in [5.74, 6) is -0.667. The molecule has 0 aliphatic rings. The van der Waals surface area contributed by atoms with Gasteiger partial charge in [-0.25, -0.2) is 9.78 Å². The highest BCUT2D eigenvalue weighted by molar-refractivity contribution is 5.78. The third-order valence-electron chi connectivity index (χ3n) is 4.75. The van der Waals surface area contributed by atoms with Crippen molar-refractivity contribution in [2.45, 2.75) is 32.5 Å². The third-order valence-corrected chi connectivity index (χ3v) is 4.75. The SMILES string of the molecule is C[C@@H](Cn1c(=O)oc2ccccc21)NC(=O)CCn1cnc2ccccc2c1=O. The molecule has 2 aromatic carbocycles. The Hall–Kier alpha value is -3.68. The predicted octanol–water partition coefficient (Wildman–Crippen LogP) is 1.90. The first-order valence-corrected chi connectivity index (χ1v) is 9.35. The van der Waals surface area contributed by atoms with Crippen LogP contribution in [-0.2, 0) is 17.9 Å². The summed E-state index contributed by atoms with van der Waals surface area (Å²) in [5.41, 5.74) is 1.66. The zero-order valence-electron chi connectivity index (χ0n) is 15.9. The molecule has 0 spiro atoms. The quantitative estimate of drug-likeness (QED) is 0.540. The number of aromatic nitrogens is 3. The summed E-state index contributed by atoms with van der Waals surface area (Å²) in [5, 5.41) is 3.38. The number of hydrogen-bond donors (Lipinski definition) is 1. The van der Waals surface area contributed by atoms with E-state index in [9.17, 15) is 14.4 Å². The number of carbonyl (C=O) groups is 1. The summed E-state index contributed by atoms with van der Waals surface area (Å²) in [7, 11) is 0. The smallest absolute Gasteiger partial charge is 0.408 e. The molecule has 0 bridgehead atoms. The van der Waals surface area contributed by atoms with Crippen LogP contribution in [0.5, 0.6) is 0 Å². The topological polar surface area (TPSA) is 99.1 Å². The molecule has 1 atom stereocenters. The number of amides is 1. The van der Waals surface area contributed by atoms with Crippen molar-refractivity contribution in [3.8, 4) is 0 Å². The summed E-state index contributed by atoms with van der Waals surface area (Å²) in [6, 6.07) is 14.0. The van der Waals surface area contributed by atoms with Crippen molar-refractivity contribution in [1.82, 2.24) is 19.4 Å². The molecule has 2 heterocycles. The van der Waals surface area contributed by atoms with Gasteiger partial charge >= 0.3 is 5.76 Å². The fourth-order valence-corrected chi connectivity index (χ4v) is 3.34. The van der Waals surface area contributed by atoms with Crippen LogP contribution >= 0.6 is 0 Å². The molecule has 0 saturated heterocycles. The first-order chi connectivity index (χ1) is 14.0. The van der Waals surface area contributed by atoms with Gasteiger partial charge in [-0.2, -0.15) is 0 Å². The average Bonchev–Trinajstić information content (AvgIpc) is 3.03. The molecule has 8 nitrogen and oxygen atoms in total. The number of oxazole rings is 1. The van der Waals surface area contributed by atoms with Crippen molar-refractivity contribution in [2.24, 2.45) is 0 Å². The van der Waals surface area contributed by atoms with Crippen LogP contribution in [0.2, 0.25) is 0 Å². The number of benzene rings is 2. The van der Waals surface area contributed by atoms with Gasteiger partial charge in [-0.05, 0) is 31.2 Å². The molecule has 2 aromatic heterocycles. The van der Waals surface area contributed by atoms with Crippen LogP contribution in [0.15, 0.2) is 68.9 Å². The molecular formula is C21H20N4O4. The second-order valence-electron chi connectivity index (χ2n) is 6.93. The summed E-state index contributed by atoms with van der Waals surface area (Å²) in [4.78, 5) is 41.1. The fourth-order valence-electron chi connectivity index (χ4n) is 3.34. The van der Waals surface area contributed by atoms with Gasteiger partial charge in [-0.3, -0.25) is 18.7 Å². The molecule has 1 N–H and O–H groups in total. The Labute approximate surface area is 165 Å². The van der Waals surface area contributed by atoms with Crippen molar-refractivity contribution < 1.29 is 9.21 Å². The van der Waals surface area contributed by atoms with Gasteiger partial charge in [-0.15, -0.1) is 0 Å². The van der Waals surface area contributed by atoms with Gasteiger partial charge in [0.2, 0.25) is 5.91 Å². The predicted molar refractivity (Wildman–Crippen MR) is 109 cm³/mol. The molecule has 0 unspecified atom stereocenters. The van der Waals surface area contributed by atoms with Gasteiger partial charge < -0.3 is 9.73 Å². The van der Waals surface area contributed by atoms with Gasteiger partial charge in [-0.1, -0.05) is 24.3 Å². The van der Waals surface area contributed by atoms with E-state index in [0.29, 0.717) is 28.5 Å². The molecule has 4 aromatic rings. The zero-order chi connectivity index (χ0) is 20.4. The lowest BCUT2D eigenvalue weighted by atomic mass is 10.2. The number of hydrogen-bond acceptors (Lipinski definition) is 5.